The topological polar surface area (TPSA) is 27.7 Å². The van der Waals surface area contributed by atoms with Crippen LogP contribution in [0.5, 0.6) is 0 Å². The zero-order valence-corrected chi connectivity index (χ0v) is 27.6. The summed E-state index contributed by atoms with van der Waals surface area (Å²) in [4.78, 5) is 0. The molecule has 0 aliphatic carbocycles. The third-order valence-electron chi connectivity index (χ3n) is 1.80. The zero-order valence-electron chi connectivity index (χ0n) is 21.8. The molecule has 170 valence electrons. The summed E-state index contributed by atoms with van der Waals surface area (Å²) in [6.45, 7) is 35.7. The van der Waals surface area contributed by atoms with E-state index in [1.165, 1.54) is 0 Å². The molecule has 0 radical (unpaired) electrons. The van der Waals surface area contributed by atoms with Crippen LogP contribution >= 0.6 is 11.1 Å². The average molecular weight is 494 g/mol. The van der Waals surface area contributed by atoms with Crippen molar-refractivity contribution in [1.82, 2.24) is 0 Å². The molecule has 0 atom stereocenters. The smallest absolute Gasteiger partial charge is 0.183 e. The minimum absolute atomic E-state index is 0.871. The van der Waals surface area contributed by atoms with E-state index in [9.17, 15) is 0 Å². The summed E-state index contributed by atoms with van der Waals surface area (Å²) in [5.74, 6) is 0. The monoisotopic (exact) mass is 492 g/mol. The lowest BCUT2D eigenvalue weighted by Gasteiger charge is -2.27. The van der Waals surface area contributed by atoms with Gasteiger partial charge in [-0.15, -0.1) is 0 Å². The Morgan fingerprint density at radius 2 is 0.778 bits per heavy atom. The van der Waals surface area contributed by atoms with Crippen molar-refractivity contribution >= 4 is 51.7 Å². The molecule has 0 N–H and O–H groups in total. The molecule has 0 spiro atoms. The van der Waals surface area contributed by atoms with Crippen molar-refractivity contribution in [2.45, 2.75) is 105 Å². The summed E-state index contributed by atoms with van der Waals surface area (Å²) < 4.78 is 16.3. The van der Waals surface area contributed by atoms with Crippen LogP contribution in [0, 0.1) is 0 Å². The lowest BCUT2D eigenvalue weighted by atomic mass is 10.9. The molecule has 27 heavy (non-hydrogen) atoms. The summed E-state index contributed by atoms with van der Waals surface area (Å²) in [5.41, 5.74) is 0. The van der Waals surface area contributed by atoms with E-state index in [0.29, 0.717) is 0 Å². The molecular formula is C18H53ClO3Si5. The summed E-state index contributed by atoms with van der Waals surface area (Å²) in [5, 5.41) is 0. The predicted octanol–water partition coefficient (Wildman–Crippen LogP) is 8.06. The van der Waals surface area contributed by atoms with Crippen molar-refractivity contribution < 1.29 is 13.0 Å². The van der Waals surface area contributed by atoms with E-state index in [0.717, 1.165) is 6.61 Å². The molecule has 0 unspecified atom stereocenters. The average Bonchev–Trinajstić information content (AvgIpc) is 2.19. The van der Waals surface area contributed by atoms with Gasteiger partial charge in [-0.1, -0.05) is 19.6 Å². The Hall–Kier alpha value is 1.25. The molecule has 0 saturated carbocycles. The molecule has 0 aliphatic rings. The van der Waals surface area contributed by atoms with E-state index in [1.807, 2.05) is 6.92 Å². The van der Waals surface area contributed by atoms with Crippen molar-refractivity contribution in [3.05, 3.63) is 0 Å². The Morgan fingerprint density at radius 1 is 0.556 bits per heavy atom. The normalized spacial score (nSPS) is 12.7. The molecule has 3 nitrogen and oxygen atoms in total. The van der Waals surface area contributed by atoms with Gasteiger partial charge in [-0.25, -0.2) is 0 Å². The molecule has 9 heteroatoms. The summed E-state index contributed by atoms with van der Waals surface area (Å²) >= 11 is 5.67. The molecule has 0 aromatic rings. The van der Waals surface area contributed by atoms with Gasteiger partial charge < -0.3 is 13.0 Å². The highest BCUT2D eigenvalue weighted by Crippen LogP contribution is 2.12. The van der Waals surface area contributed by atoms with Crippen LogP contribution in [-0.2, 0) is 13.0 Å². The number of hydrogen-bond acceptors (Lipinski definition) is 3. The molecular weight excluding hydrogens is 440 g/mol. The minimum Gasteiger partial charge on any atom is -0.456 e. The summed E-state index contributed by atoms with van der Waals surface area (Å²) in [6.07, 6.45) is 0. The van der Waals surface area contributed by atoms with Crippen LogP contribution in [0.4, 0.5) is 0 Å². The first-order valence-electron chi connectivity index (χ1n) is 9.91. The highest BCUT2D eigenvalue weighted by atomic mass is 35.6. The van der Waals surface area contributed by atoms with Gasteiger partial charge in [0.2, 0.25) is 0 Å². The fraction of sp³-hybridized carbons (Fsp3) is 1.00. The molecule has 0 amide bonds. The first-order chi connectivity index (χ1) is 11.3. The van der Waals surface area contributed by atoms with Gasteiger partial charge in [-0.05, 0) is 85.5 Å². The highest BCUT2D eigenvalue weighted by Gasteiger charge is 2.24. The van der Waals surface area contributed by atoms with Gasteiger partial charge in [0.15, 0.2) is 33.3 Å². The second-order valence-electron chi connectivity index (χ2n) is 11.3. The Labute approximate surface area is 183 Å². The Morgan fingerprint density at radius 3 is 0.778 bits per heavy atom. The van der Waals surface area contributed by atoms with Crippen molar-refractivity contribution in [3.63, 3.8) is 0 Å². The van der Waals surface area contributed by atoms with Crippen molar-refractivity contribution in [3.8, 4) is 0 Å². The van der Waals surface area contributed by atoms with Crippen molar-refractivity contribution in [2.75, 3.05) is 13.7 Å². The largest absolute Gasteiger partial charge is 0.456 e. The predicted molar refractivity (Wildman–Crippen MR) is 142 cm³/mol. The van der Waals surface area contributed by atoms with Gasteiger partial charge >= 0.3 is 0 Å². The maximum absolute atomic E-state index is 5.90. The van der Waals surface area contributed by atoms with Gasteiger partial charge in [0.05, 0.1) is 0 Å². The van der Waals surface area contributed by atoms with Crippen molar-refractivity contribution in [1.29, 1.82) is 0 Å². The SMILES string of the molecule is CCO[Si](C)(C)C.CO[Si](C)(C)C.C[Si](C)(C)Cl.C[Si](C)(C)O[Si](C)(C)C. The lowest BCUT2D eigenvalue weighted by molar-refractivity contribution is 0.334. The first-order valence-corrected chi connectivity index (χ1v) is 28.1. The highest BCUT2D eigenvalue weighted by molar-refractivity contribution is 7.18. The molecule has 0 saturated heterocycles. The quantitative estimate of drug-likeness (QED) is 0.286. The van der Waals surface area contributed by atoms with E-state index in [4.69, 9.17) is 24.0 Å². The molecule has 0 aromatic carbocycles. The molecule has 0 heterocycles. The van der Waals surface area contributed by atoms with Crippen LogP contribution < -0.4 is 0 Å². The molecule has 0 aliphatic heterocycles. The fourth-order valence-corrected chi connectivity index (χ4v) is 9.57. The number of rotatable bonds is 5. The second kappa shape index (κ2) is 15.1. The number of halogens is 1. The second-order valence-corrected chi connectivity index (χ2v) is 37.2. The van der Waals surface area contributed by atoms with Gasteiger partial charge in [0.25, 0.3) is 0 Å². The van der Waals surface area contributed by atoms with E-state index in [2.05, 4.69) is 98.2 Å². The summed E-state index contributed by atoms with van der Waals surface area (Å²) in [6, 6.07) is 0. The van der Waals surface area contributed by atoms with Crippen LogP contribution in [-0.4, -0.2) is 54.4 Å². The van der Waals surface area contributed by atoms with Crippen LogP contribution in [0.25, 0.3) is 0 Å². The van der Waals surface area contributed by atoms with E-state index >= 15 is 0 Å². The molecule has 0 fully saturated rings. The first kappa shape index (κ1) is 35.7. The fourth-order valence-electron chi connectivity index (χ4n) is 1.35. The molecule has 0 aromatic heterocycles. The maximum Gasteiger partial charge on any atom is 0.183 e. The van der Waals surface area contributed by atoms with Crippen LogP contribution in [0.3, 0.4) is 0 Å². The van der Waals surface area contributed by atoms with Crippen LogP contribution in [0.2, 0.25) is 98.2 Å². The van der Waals surface area contributed by atoms with E-state index in [1.54, 1.807) is 7.11 Å². The summed E-state index contributed by atoms with van der Waals surface area (Å²) in [7, 11) is -4.12. The third-order valence-corrected chi connectivity index (χ3v) is 9.08. The number of hydrogen-bond donors (Lipinski definition) is 0. The van der Waals surface area contributed by atoms with Gasteiger partial charge in [-0.3, -0.25) is 0 Å². The van der Waals surface area contributed by atoms with Crippen LogP contribution in [0.15, 0.2) is 0 Å². The van der Waals surface area contributed by atoms with Gasteiger partial charge in [0, 0.05) is 13.7 Å². The van der Waals surface area contributed by atoms with Gasteiger partial charge in [0.1, 0.15) is 7.38 Å². The Kier molecular flexibility index (Phi) is 20.0. The molecule has 0 rings (SSSR count). The Balaban J connectivity index is -0.000000134. The zero-order chi connectivity index (χ0) is 23.3. The van der Waals surface area contributed by atoms with E-state index < -0.39 is 40.7 Å². The Bertz CT molecular complexity index is 317. The molecule has 0 bridgehead atoms. The minimum atomic E-state index is -1.23. The standard InChI is InChI=1S/C6H18OSi2.C5H14OSi.C4H12OSi.C3H9ClSi/c1-8(2,3)7-9(4,5)6;1-5-6-7(2,3)4;1-5-6(2,3)4;1-5(2,3)4/h1-6H3;5H2,1-4H3;1-4H3;1-3H3. The van der Waals surface area contributed by atoms with Gasteiger partial charge in [-0.2, -0.15) is 11.1 Å². The third kappa shape index (κ3) is 85.5. The van der Waals surface area contributed by atoms with E-state index in [-0.39, 0.29) is 0 Å². The van der Waals surface area contributed by atoms with Crippen LogP contribution in [0.1, 0.15) is 6.92 Å². The maximum atomic E-state index is 5.90. The lowest BCUT2D eigenvalue weighted by Crippen LogP contribution is -2.39. The van der Waals surface area contributed by atoms with Crippen molar-refractivity contribution in [2.24, 2.45) is 0 Å².